The van der Waals surface area contributed by atoms with Gasteiger partial charge in [0.05, 0.1) is 5.54 Å². The van der Waals surface area contributed by atoms with Crippen molar-refractivity contribution in [3.05, 3.63) is 48.3 Å². The van der Waals surface area contributed by atoms with Crippen molar-refractivity contribution >= 4 is 0 Å². The van der Waals surface area contributed by atoms with Crippen molar-refractivity contribution in [1.29, 1.82) is 0 Å². The number of aromatic nitrogens is 3. The first-order chi connectivity index (χ1) is 11.7. The minimum Gasteiger partial charge on any atom is -0.326 e. The number of piperidine rings is 1. The molecule has 2 fully saturated rings. The number of hydrogen-bond acceptors (Lipinski definition) is 4. The number of rotatable bonds is 3. The Morgan fingerprint density at radius 3 is 2.62 bits per heavy atom. The van der Waals surface area contributed by atoms with Gasteiger partial charge >= 0.3 is 0 Å². The van der Waals surface area contributed by atoms with E-state index in [2.05, 4.69) is 15.4 Å². The molecule has 128 valence electrons. The fraction of sp³-hybridized carbons (Fsp3) is 0.556. The van der Waals surface area contributed by atoms with Crippen LogP contribution in [0.2, 0.25) is 0 Å². The van der Waals surface area contributed by atoms with Gasteiger partial charge < -0.3 is 11.1 Å². The molecule has 0 spiro atoms. The highest BCUT2D eigenvalue weighted by Gasteiger charge is 2.49. The van der Waals surface area contributed by atoms with Gasteiger partial charge in [-0.1, -0.05) is 25.0 Å². The number of hydrogen-bond donors (Lipinski definition) is 2. The van der Waals surface area contributed by atoms with E-state index < -0.39 is 0 Å². The zero-order chi connectivity index (χ0) is 16.6. The highest BCUT2D eigenvalue weighted by atomic mass is 19.1. The lowest BCUT2D eigenvalue weighted by atomic mass is 9.74. The first-order valence-corrected chi connectivity index (χ1v) is 8.80. The van der Waals surface area contributed by atoms with Crippen LogP contribution in [0.5, 0.6) is 0 Å². The van der Waals surface area contributed by atoms with Crippen LogP contribution in [0.25, 0.3) is 0 Å². The summed E-state index contributed by atoms with van der Waals surface area (Å²) in [6.07, 6.45) is 8.90. The van der Waals surface area contributed by atoms with Crippen molar-refractivity contribution in [1.82, 2.24) is 20.1 Å². The maximum atomic E-state index is 13.3. The summed E-state index contributed by atoms with van der Waals surface area (Å²) in [4.78, 5) is 4.16. The van der Waals surface area contributed by atoms with Crippen LogP contribution >= 0.6 is 0 Å². The molecule has 24 heavy (non-hydrogen) atoms. The molecule has 1 saturated heterocycles. The molecule has 5 nitrogen and oxygen atoms in total. The molecule has 0 amide bonds. The van der Waals surface area contributed by atoms with Crippen LogP contribution in [0.1, 0.15) is 43.6 Å². The Hall–Kier alpha value is -1.79. The van der Waals surface area contributed by atoms with Gasteiger partial charge in [-0.15, -0.1) is 0 Å². The highest BCUT2D eigenvalue weighted by molar-refractivity contribution is 5.25. The quantitative estimate of drug-likeness (QED) is 0.905. The SMILES string of the molecule is NC1C(C2(n3cncn3)CCCC2)NCC[C@H]1c1ccc(F)cc1. The third-order valence-electron chi connectivity index (χ3n) is 5.89. The number of nitrogens with one attached hydrogen (secondary N) is 1. The van der Waals surface area contributed by atoms with Crippen LogP contribution in [0.15, 0.2) is 36.9 Å². The van der Waals surface area contributed by atoms with Crippen molar-refractivity contribution in [3.63, 3.8) is 0 Å². The van der Waals surface area contributed by atoms with Crippen LogP contribution in [-0.4, -0.2) is 33.4 Å². The minimum atomic E-state index is -0.201. The van der Waals surface area contributed by atoms with E-state index in [1.165, 1.54) is 25.0 Å². The fourth-order valence-electron chi connectivity index (χ4n) is 4.71. The number of nitrogens with two attached hydrogens (primary N) is 1. The number of halogens is 1. The maximum Gasteiger partial charge on any atom is 0.137 e. The van der Waals surface area contributed by atoms with Crippen LogP contribution in [0.3, 0.4) is 0 Å². The Morgan fingerprint density at radius 1 is 1.21 bits per heavy atom. The van der Waals surface area contributed by atoms with Gasteiger partial charge in [0.2, 0.25) is 0 Å². The molecule has 1 aliphatic carbocycles. The number of nitrogens with zero attached hydrogens (tertiary/aromatic N) is 3. The van der Waals surface area contributed by atoms with E-state index in [0.29, 0.717) is 0 Å². The first-order valence-electron chi connectivity index (χ1n) is 8.80. The predicted octanol–water partition coefficient (Wildman–Crippen LogP) is 2.16. The van der Waals surface area contributed by atoms with Crippen LogP contribution in [0.4, 0.5) is 4.39 Å². The van der Waals surface area contributed by atoms with Crippen LogP contribution in [0, 0.1) is 5.82 Å². The van der Waals surface area contributed by atoms with Gasteiger partial charge in [-0.2, -0.15) is 5.10 Å². The Balaban J connectivity index is 1.66. The molecule has 1 aromatic carbocycles. The van der Waals surface area contributed by atoms with Crippen LogP contribution < -0.4 is 11.1 Å². The number of benzene rings is 1. The average molecular weight is 329 g/mol. The minimum absolute atomic E-state index is 0.0356. The van der Waals surface area contributed by atoms with Crippen molar-refractivity contribution in [2.45, 2.75) is 55.6 Å². The Morgan fingerprint density at radius 2 is 1.96 bits per heavy atom. The molecule has 6 heteroatoms. The van der Waals surface area contributed by atoms with E-state index in [1.54, 1.807) is 6.33 Å². The summed E-state index contributed by atoms with van der Waals surface area (Å²) in [6, 6.07) is 6.92. The second-order valence-corrected chi connectivity index (χ2v) is 7.11. The molecule has 2 unspecified atom stereocenters. The maximum absolute atomic E-state index is 13.3. The van der Waals surface area contributed by atoms with Crippen molar-refractivity contribution in [2.24, 2.45) is 5.73 Å². The van der Waals surface area contributed by atoms with Crippen molar-refractivity contribution < 1.29 is 4.39 Å². The zero-order valence-electron chi connectivity index (χ0n) is 13.7. The van der Waals surface area contributed by atoms with E-state index in [1.807, 2.05) is 23.1 Å². The molecular formula is C18H24FN5. The summed E-state index contributed by atoms with van der Waals surface area (Å²) in [5.41, 5.74) is 7.77. The van der Waals surface area contributed by atoms with Gasteiger partial charge in [0.25, 0.3) is 0 Å². The van der Waals surface area contributed by atoms with E-state index >= 15 is 0 Å². The van der Waals surface area contributed by atoms with E-state index in [9.17, 15) is 4.39 Å². The lowest BCUT2D eigenvalue weighted by Gasteiger charge is -2.46. The van der Waals surface area contributed by atoms with Gasteiger partial charge in [-0.3, -0.25) is 0 Å². The highest BCUT2D eigenvalue weighted by Crippen LogP contribution is 2.43. The van der Waals surface area contributed by atoms with E-state index in [-0.39, 0.29) is 29.4 Å². The van der Waals surface area contributed by atoms with E-state index in [4.69, 9.17) is 5.73 Å². The lowest BCUT2D eigenvalue weighted by molar-refractivity contribution is 0.126. The third kappa shape index (κ3) is 2.54. The smallest absolute Gasteiger partial charge is 0.137 e. The monoisotopic (exact) mass is 329 g/mol. The summed E-state index contributed by atoms with van der Waals surface area (Å²) >= 11 is 0. The molecule has 2 aliphatic rings. The fourth-order valence-corrected chi connectivity index (χ4v) is 4.71. The Kier molecular flexibility index (Phi) is 4.10. The largest absolute Gasteiger partial charge is 0.326 e. The normalized spacial score (nSPS) is 29.7. The molecule has 3 N–H and O–H groups in total. The molecular weight excluding hydrogens is 305 g/mol. The molecule has 1 aromatic heterocycles. The lowest BCUT2D eigenvalue weighted by Crippen LogP contribution is -2.64. The molecule has 1 saturated carbocycles. The molecule has 0 radical (unpaired) electrons. The molecule has 1 aliphatic heterocycles. The first kappa shape index (κ1) is 15.7. The van der Waals surface area contributed by atoms with Gasteiger partial charge in [-0.25, -0.2) is 14.1 Å². The third-order valence-corrected chi connectivity index (χ3v) is 5.89. The molecule has 4 rings (SSSR count). The molecule has 2 aromatic rings. The summed E-state index contributed by atoms with van der Waals surface area (Å²) in [5.74, 6) is 0.0329. The van der Waals surface area contributed by atoms with E-state index in [0.717, 1.165) is 31.4 Å². The summed E-state index contributed by atoms with van der Waals surface area (Å²) < 4.78 is 15.3. The summed E-state index contributed by atoms with van der Waals surface area (Å²) in [5, 5.41) is 8.11. The summed E-state index contributed by atoms with van der Waals surface area (Å²) in [6.45, 7) is 0.914. The Bertz CT molecular complexity index is 663. The van der Waals surface area contributed by atoms with Gasteiger partial charge in [0.15, 0.2) is 0 Å². The molecule has 3 atom stereocenters. The van der Waals surface area contributed by atoms with Crippen molar-refractivity contribution in [3.8, 4) is 0 Å². The predicted molar refractivity (Wildman–Crippen MR) is 90.0 cm³/mol. The second kappa shape index (κ2) is 6.26. The topological polar surface area (TPSA) is 68.8 Å². The standard InChI is InChI=1S/C18H24FN5/c19-14-5-3-13(4-6-14)15-7-10-22-17(16(15)20)18(8-1-2-9-18)24-12-21-11-23-24/h3-6,11-12,15-17,22H,1-2,7-10,20H2/t15-,16?,17?/m0/s1. The summed E-state index contributed by atoms with van der Waals surface area (Å²) in [7, 11) is 0. The van der Waals surface area contributed by atoms with Gasteiger partial charge in [0.1, 0.15) is 18.5 Å². The van der Waals surface area contributed by atoms with Crippen LogP contribution in [-0.2, 0) is 5.54 Å². The molecule has 0 bridgehead atoms. The Labute approximate surface area is 141 Å². The molecule has 2 heterocycles. The van der Waals surface area contributed by atoms with Gasteiger partial charge in [-0.05, 0) is 43.5 Å². The zero-order valence-corrected chi connectivity index (χ0v) is 13.7. The van der Waals surface area contributed by atoms with Gasteiger partial charge in [0, 0.05) is 18.0 Å². The average Bonchev–Trinajstić information content (AvgIpc) is 3.28. The second-order valence-electron chi connectivity index (χ2n) is 7.11. The van der Waals surface area contributed by atoms with Crippen molar-refractivity contribution in [2.75, 3.05) is 6.54 Å².